The van der Waals surface area contributed by atoms with E-state index in [9.17, 15) is 0 Å². The first-order valence-electron chi connectivity index (χ1n) is 9.78. The van der Waals surface area contributed by atoms with Crippen molar-refractivity contribution in [1.82, 2.24) is 9.97 Å². The molecule has 4 rings (SSSR count). The predicted molar refractivity (Wildman–Crippen MR) is 111 cm³/mol. The molecule has 1 saturated carbocycles. The van der Waals surface area contributed by atoms with Gasteiger partial charge in [0.2, 0.25) is 0 Å². The summed E-state index contributed by atoms with van der Waals surface area (Å²) in [7, 11) is -1.42. The number of para-hydroxylation sites is 1. The molecule has 0 aliphatic heterocycles. The fourth-order valence-electron chi connectivity index (χ4n) is 4.28. The summed E-state index contributed by atoms with van der Waals surface area (Å²) >= 11 is 0. The monoisotopic (exact) mass is 364 g/mol. The minimum atomic E-state index is -1.42. The van der Waals surface area contributed by atoms with E-state index in [0.717, 1.165) is 28.3 Å². The Morgan fingerprint density at radius 1 is 1.15 bits per heavy atom. The average molecular weight is 365 g/mol. The highest BCUT2D eigenvalue weighted by molar-refractivity contribution is 6.89. The number of nitrogens with zero attached hydrogens (tertiary/aromatic N) is 2. The molecule has 1 aliphatic rings. The van der Waals surface area contributed by atoms with Gasteiger partial charge >= 0.3 is 0 Å². The number of oxazole rings is 1. The van der Waals surface area contributed by atoms with E-state index in [1.165, 1.54) is 42.9 Å². The lowest BCUT2D eigenvalue weighted by molar-refractivity contribution is 0.547. The Hall–Kier alpha value is -1.94. The summed E-state index contributed by atoms with van der Waals surface area (Å²) in [4.78, 5) is 9.33. The van der Waals surface area contributed by atoms with Gasteiger partial charge < -0.3 is 4.42 Å². The van der Waals surface area contributed by atoms with Crippen molar-refractivity contribution >= 4 is 24.4 Å². The first-order chi connectivity index (χ1) is 12.4. The third-order valence-electron chi connectivity index (χ3n) is 5.58. The van der Waals surface area contributed by atoms with Gasteiger partial charge in [0.15, 0.2) is 11.5 Å². The van der Waals surface area contributed by atoms with Gasteiger partial charge in [-0.2, -0.15) is 0 Å². The van der Waals surface area contributed by atoms with Crippen LogP contribution in [0.3, 0.4) is 0 Å². The summed E-state index contributed by atoms with van der Waals surface area (Å²) < 4.78 is 5.88. The fourth-order valence-corrected chi connectivity index (χ4v) is 5.87. The topological polar surface area (TPSA) is 38.9 Å². The van der Waals surface area contributed by atoms with Crippen LogP contribution in [0.25, 0.3) is 22.4 Å². The Kier molecular flexibility index (Phi) is 4.47. The van der Waals surface area contributed by atoms with E-state index in [1.54, 1.807) is 0 Å². The number of pyridine rings is 1. The highest BCUT2D eigenvalue weighted by Crippen LogP contribution is 2.31. The van der Waals surface area contributed by atoms with E-state index >= 15 is 0 Å². The molecular formula is C22H28N2OSi. The minimum Gasteiger partial charge on any atom is -0.440 e. The highest BCUT2D eigenvalue weighted by Gasteiger charge is 2.25. The molecule has 0 bridgehead atoms. The molecule has 0 saturated heterocycles. The Morgan fingerprint density at radius 3 is 2.65 bits per heavy atom. The summed E-state index contributed by atoms with van der Waals surface area (Å²) in [6, 6.07) is 8.48. The molecule has 26 heavy (non-hydrogen) atoms. The first-order valence-corrected chi connectivity index (χ1v) is 13.3. The van der Waals surface area contributed by atoms with Crippen LogP contribution in [0, 0.1) is 12.8 Å². The molecule has 1 aliphatic carbocycles. The van der Waals surface area contributed by atoms with E-state index in [-0.39, 0.29) is 0 Å². The number of hydrogen-bond donors (Lipinski definition) is 0. The largest absolute Gasteiger partial charge is 0.440 e. The van der Waals surface area contributed by atoms with Crippen molar-refractivity contribution in [3.8, 4) is 11.3 Å². The summed E-state index contributed by atoms with van der Waals surface area (Å²) in [5, 5.41) is 1.51. The van der Waals surface area contributed by atoms with Gasteiger partial charge in [-0.1, -0.05) is 51.4 Å². The number of aryl methyl sites for hydroxylation is 1. The number of benzene rings is 1. The van der Waals surface area contributed by atoms with Crippen molar-refractivity contribution in [2.45, 2.75) is 58.7 Å². The average Bonchev–Trinajstić information content (AvgIpc) is 3.21. The maximum atomic E-state index is 5.88. The van der Waals surface area contributed by atoms with Gasteiger partial charge in [0, 0.05) is 18.7 Å². The quantitative estimate of drug-likeness (QED) is 0.576. The zero-order valence-corrected chi connectivity index (χ0v) is 17.3. The number of aromatic nitrogens is 2. The predicted octanol–water partition coefficient (Wildman–Crippen LogP) is 5.48. The lowest BCUT2D eigenvalue weighted by Gasteiger charge is -2.23. The van der Waals surface area contributed by atoms with Crippen LogP contribution in [0.4, 0.5) is 0 Å². The summed E-state index contributed by atoms with van der Waals surface area (Å²) in [5.74, 6) is 1.54. The van der Waals surface area contributed by atoms with Crippen molar-refractivity contribution in [2.75, 3.05) is 0 Å². The molecule has 1 aromatic carbocycles. The molecule has 0 unspecified atom stereocenters. The fraction of sp³-hybridized carbons (Fsp3) is 0.455. The molecule has 0 amide bonds. The van der Waals surface area contributed by atoms with Gasteiger partial charge in [0.25, 0.3) is 0 Å². The maximum Gasteiger partial charge on any atom is 0.192 e. The van der Waals surface area contributed by atoms with Crippen LogP contribution in [-0.2, 0) is 6.42 Å². The van der Waals surface area contributed by atoms with E-state index in [0.29, 0.717) is 5.89 Å². The molecule has 3 aromatic rings. The second-order valence-corrected chi connectivity index (χ2v) is 13.8. The zero-order chi connectivity index (χ0) is 18.3. The lowest BCUT2D eigenvalue weighted by Crippen LogP contribution is -2.41. The van der Waals surface area contributed by atoms with Crippen molar-refractivity contribution < 1.29 is 4.42 Å². The van der Waals surface area contributed by atoms with Crippen LogP contribution in [0.1, 0.15) is 37.1 Å². The van der Waals surface area contributed by atoms with Gasteiger partial charge in [0.05, 0.1) is 13.8 Å². The first kappa shape index (κ1) is 17.5. The second kappa shape index (κ2) is 6.65. The second-order valence-electron chi connectivity index (χ2n) is 8.72. The molecular weight excluding hydrogens is 336 g/mol. The van der Waals surface area contributed by atoms with E-state index < -0.39 is 8.07 Å². The van der Waals surface area contributed by atoms with Gasteiger partial charge in [-0.25, -0.2) is 4.98 Å². The third kappa shape index (κ3) is 3.35. The summed E-state index contributed by atoms with van der Waals surface area (Å²) in [5.41, 5.74) is 5.34. The van der Waals surface area contributed by atoms with Crippen LogP contribution in [-0.4, -0.2) is 18.0 Å². The molecule has 0 radical (unpaired) electrons. The van der Waals surface area contributed by atoms with Gasteiger partial charge in [-0.3, -0.25) is 4.98 Å². The SMILES string of the molecule is Cc1nc2cccc(-c3cc(CC4CCCC4)c([Si](C)(C)C)cn3)c2o1. The normalized spacial score (nSPS) is 15.8. The van der Waals surface area contributed by atoms with Crippen molar-refractivity contribution in [2.24, 2.45) is 5.92 Å². The minimum absolute atomic E-state index is 0.706. The van der Waals surface area contributed by atoms with Gasteiger partial charge in [0.1, 0.15) is 5.52 Å². The Labute approximate surface area is 156 Å². The molecule has 4 heteroatoms. The Morgan fingerprint density at radius 2 is 1.92 bits per heavy atom. The standard InChI is InChI=1S/C22H28N2OSi/c1-15-24-19-11-7-10-18(22(19)25-15)20-13-17(12-16-8-5-6-9-16)21(14-23-20)26(2,3)4/h7,10-11,13-14,16H,5-6,8-9,12H2,1-4H3. The summed E-state index contributed by atoms with van der Waals surface area (Å²) in [6.07, 6.45) is 8.87. The third-order valence-corrected chi connectivity index (χ3v) is 7.65. The van der Waals surface area contributed by atoms with Gasteiger partial charge in [-0.15, -0.1) is 0 Å². The van der Waals surface area contributed by atoms with Crippen molar-refractivity contribution in [1.29, 1.82) is 0 Å². The molecule has 3 nitrogen and oxygen atoms in total. The molecule has 2 heterocycles. The van der Waals surface area contributed by atoms with Crippen LogP contribution in [0.2, 0.25) is 19.6 Å². The van der Waals surface area contributed by atoms with E-state index in [4.69, 9.17) is 9.40 Å². The van der Waals surface area contributed by atoms with E-state index in [1.807, 2.05) is 19.1 Å². The lowest BCUT2D eigenvalue weighted by atomic mass is 9.97. The molecule has 0 spiro atoms. The molecule has 0 atom stereocenters. The van der Waals surface area contributed by atoms with Crippen LogP contribution in [0.5, 0.6) is 0 Å². The number of fused-ring (bicyclic) bond motifs is 1. The summed E-state index contributed by atoms with van der Waals surface area (Å²) in [6.45, 7) is 9.16. The Balaban J connectivity index is 1.81. The molecule has 136 valence electrons. The Bertz CT molecular complexity index is 933. The smallest absolute Gasteiger partial charge is 0.192 e. The van der Waals surface area contributed by atoms with Crippen molar-refractivity contribution in [3.63, 3.8) is 0 Å². The van der Waals surface area contributed by atoms with Crippen LogP contribution >= 0.6 is 0 Å². The number of hydrogen-bond acceptors (Lipinski definition) is 3. The molecule has 2 aromatic heterocycles. The van der Waals surface area contributed by atoms with Crippen LogP contribution in [0.15, 0.2) is 34.9 Å². The van der Waals surface area contributed by atoms with Crippen molar-refractivity contribution in [3.05, 3.63) is 41.9 Å². The zero-order valence-electron chi connectivity index (χ0n) is 16.3. The van der Waals surface area contributed by atoms with Crippen LogP contribution < -0.4 is 5.19 Å². The number of rotatable bonds is 4. The molecule has 1 fully saturated rings. The van der Waals surface area contributed by atoms with E-state index in [2.05, 4.69) is 43.0 Å². The van der Waals surface area contributed by atoms with Gasteiger partial charge in [-0.05, 0) is 41.3 Å². The highest BCUT2D eigenvalue weighted by atomic mass is 28.3. The molecule has 0 N–H and O–H groups in total. The maximum absolute atomic E-state index is 5.88.